The highest BCUT2D eigenvalue weighted by Crippen LogP contribution is 2.28. The molecule has 0 bridgehead atoms. The Balaban J connectivity index is 1.97. The molecule has 2 aromatic heterocycles. The number of hydrogen-bond acceptors (Lipinski definition) is 4. The Bertz CT molecular complexity index is 852. The third-order valence-electron chi connectivity index (χ3n) is 3.68. The zero-order valence-electron chi connectivity index (χ0n) is 12.2. The molecule has 3 rings (SSSR count). The molecule has 0 aromatic carbocycles. The fourth-order valence-electron chi connectivity index (χ4n) is 2.64. The van der Waals surface area contributed by atoms with Crippen LogP contribution in [0.1, 0.15) is 30.7 Å². The van der Waals surface area contributed by atoms with Crippen molar-refractivity contribution < 1.29 is 13.2 Å². The highest BCUT2D eigenvalue weighted by molar-refractivity contribution is 9.18. The van der Waals surface area contributed by atoms with E-state index in [1.807, 2.05) is 0 Å². The number of alkyl halides is 3. The summed E-state index contributed by atoms with van der Waals surface area (Å²) in [5.74, 6) is 1.21. The van der Waals surface area contributed by atoms with E-state index in [1.165, 1.54) is 4.40 Å². The lowest BCUT2D eigenvalue weighted by Crippen LogP contribution is -2.23. The molecule has 0 radical (unpaired) electrons. The molecule has 3 heterocycles. The first-order valence-electron chi connectivity index (χ1n) is 7.05. The van der Waals surface area contributed by atoms with E-state index in [-0.39, 0.29) is 12.0 Å². The molecule has 0 saturated carbocycles. The largest absolute Gasteiger partial charge is 0.389 e. The molecule has 1 aliphatic rings. The molecule has 0 unspecified atom stereocenters. The van der Waals surface area contributed by atoms with Crippen molar-refractivity contribution in [2.45, 2.75) is 45.3 Å². The molecule has 0 fully saturated rings. The van der Waals surface area contributed by atoms with E-state index < -0.39 is 12.6 Å². The quantitative estimate of drug-likeness (QED) is 0.752. The van der Waals surface area contributed by atoms with Crippen molar-refractivity contribution in [1.29, 1.82) is 0 Å². The summed E-state index contributed by atoms with van der Waals surface area (Å²) in [7, 11) is 0. The van der Waals surface area contributed by atoms with Crippen molar-refractivity contribution in [1.82, 2.24) is 19.2 Å². The molecular formula is C13H13BrF3N5O. The summed E-state index contributed by atoms with van der Waals surface area (Å²) < 4.78 is 40.4. The smallest absolute Gasteiger partial charge is 0.294 e. The van der Waals surface area contributed by atoms with E-state index in [0.29, 0.717) is 47.0 Å². The summed E-state index contributed by atoms with van der Waals surface area (Å²) in [6, 6.07) is 0. The third-order valence-corrected chi connectivity index (χ3v) is 4.14. The number of fused-ring (bicyclic) bond motifs is 2. The summed E-state index contributed by atoms with van der Waals surface area (Å²) in [4.78, 5) is 16.8. The van der Waals surface area contributed by atoms with Gasteiger partial charge in [-0.2, -0.15) is 13.2 Å². The van der Waals surface area contributed by atoms with Crippen molar-refractivity contribution >= 4 is 32.1 Å². The summed E-state index contributed by atoms with van der Waals surface area (Å²) in [5, 5.41) is 7.87. The van der Waals surface area contributed by atoms with Gasteiger partial charge in [-0.3, -0.25) is 9.36 Å². The van der Waals surface area contributed by atoms with Gasteiger partial charge < -0.3 is 0 Å². The molecule has 0 aliphatic carbocycles. The second-order valence-electron chi connectivity index (χ2n) is 5.38. The van der Waals surface area contributed by atoms with Gasteiger partial charge in [0.1, 0.15) is 11.6 Å². The summed E-state index contributed by atoms with van der Waals surface area (Å²) in [6.07, 6.45) is -4.31. The molecule has 1 aliphatic heterocycles. The maximum Gasteiger partial charge on any atom is 0.389 e. The van der Waals surface area contributed by atoms with Gasteiger partial charge in [0.15, 0.2) is 0 Å². The summed E-state index contributed by atoms with van der Waals surface area (Å²) in [5.41, 5.74) is 0.269. The zero-order chi connectivity index (χ0) is 16.8. The summed E-state index contributed by atoms with van der Waals surface area (Å²) >= 11 is 3.28. The number of aromatic nitrogens is 4. The second kappa shape index (κ2) is 5.73. The van der Waals surface area contributed by atoms with Crippen LogP contribution in [-0.2, 0) is 13.0 Å². The SMILES string of the molecule is Cc1nnc2n(CCCCC(F)(F)F)c3c(c(=O)n12)CC(Br)=N3. The van der Waals surface area contributed by atoms with Gasteiger partial charge in [-0.05, 0) is 35.7 Å². The number of hydrogen-bond donors (Lipinski definition) is 0. The van der Waals surface area contributed by atoms with Gasteiger partial charge in [0.2, 0.25) is 5.78 Å². The maximum atomic E-state index is 12.5. The zero-order valence-corrected chi connectivity index (χ0v) is 13.8. The predicted molar refractivity (Wildman–Crippen MR) is 81.6 cm³/mol. The third kappa shape index (κ3) is 3.04. The van der Waals surface area contributed by atoms with Crippen molar-refractivity contribution in [3.63, 3.8) is 0 Å². The highest BCUT2D eigenvalue weighted by atomic mass is 79.9. The minimum absolute atomic E-state index is 0.00850. The number of unbranched alkanes of at least 4 members (excludes halogenated alkanes) is 1. The van der Waals surface area contributed by atoms with E-state index in [9.17, 15) is 18.0 Å². The van der Waals surface area contributed by atoms with Gasteiger partial charge >= 0.3 is 6.18 Å². The Morgan fingerprint density at radius 2 is 2.00 bits per heavy atom. The van der Waals surface area contributed by atoms with Crippen LogP contribution in [0.15, 0.2) is 9.79 Å². The molecule has 10 heteroatoms. The first-order chi connectivity index (χ1) is 10.8. The van der Waals surface area contributed by atoms with Crippen molar-refractivity contribution in [3.05, 3.63) is 21.7 Å². The van der Waals surface area contributed by atoms with Gasteiger partial charge in [0.05, 0.1) is 10.2 Å². The van der Waals surface area contributed by atoms with E-state index in [1.54, 1.807) is 11.5 Å². The number of nitrogens with zero attached hydrogens (tertiary/aromatic N) is 5. The number of aliphatic imine (C=N–C) groups is 1. The summed E-state index contributed by atoms with van der Waals surface area (Å²) in [6.45, 7) is 1.96. The lowest BCUT2D eigenvalue weighted by Gasteiger charge is -2.13. The molecule has 0 amide bonds. The molecule has 0 spiro atoms. The van der Waals surface area contributed by atoms with E-state index in [0.717, 1.165) is 0 Å². The minimum Gasteiger partial charge on any atom is -0.294 e. The molecule has 0 atom stereocenters. The lowest BCUT2D eigenvalue weighted by molar-refractivity contribution is -0.135. The van der Waals surface area contributed by atoms with E-state index in [2.05, 4.69) is 31.1 Å². The van der Waals surface area contributed by atoms with Crippen molar-refractivity contribution in [3.8, 4) is 0 Å². The van der Waals surface area contributed by atoms with Gasteiger partial charge in [-0.1, -0.05) is 0 Å². The molecule has 2 aromatic rings. The normalized spacial score (nSPS) is 14.4. The van der Waals surface area contributed by atoms with E-state index in [4.69, 9.17) is 0 Å². The fraction of sp³-hybridized carbons (Fsp3) is 0.538. The molecule has 124 valence electrons. The first-order valence-corrected chi connectivity index (χ1v) is 7.84. The van der Waals surface area contributed by atoms with Crippen LogP contribution in [0, 0.1) is 6.92 Å². The van der Waals surface area contributed by atoms with E-state index >= 15 is 0 Å². The molecule has 0 saturated heterocycles. The lowest BCUT2D eigenvalue weighted by atomic mass is 10.2. The number of rotatable bonds is 4. The van der Waals surface area contributed by atoms with Gasteiger partial charge in [-0.25, -0.2) is 9.39 Å². The minimum atomic E-state index is -4.16. The van der Waals surface area contributed by atoms with Crippen LogP contribution in [0.25, 0.3) is 5.78 Å². The van der Waals surface area contributed by atoms with Crippen LogP contribution in [0.3, 0.4) is 0 Å². The van der Waals surface area contributed by atoms with Crippen molar-refractivity contribution in [2.75, 3.05) is 0 Å². The Labute approximate surface area is 137 Å². The number of aryl methyl sites for hydroxylation is 2. The molecule has 6 nitrogen and oxygen atoms in total. The predicted octanol–water partition coefficient (Wildman–Crippen LogP) is 2.91. The molecule has 23 heavy (non-hydrogen) atoms. The van der Waals surface area contributed by atoms with Crippen LogP contribution < -0.4 is 5.56 Å². The Kier molecular flexibility index (Phi) is 4.03. The average molecular weight is 392 g/mol. The van der Waals surface area contributed by atoms with Crippen LogP contribution >= 0.6 is 15.9 Å². The molecule has 0 N–H and O–H groups in total. The second-order valence-corrected chi connectivity index (χ2v) is 6.29. The standard InChI is InChI=1S/C13H13BrF3N5O/c1-7-19-20-12-21(5-3-2-4-13(15,16)17)10-8(6-9(14)18-10)11(23)22(7)12/h2-6H2,1H3. The average Bonchev–Trinajstić information content (AvgIpc) is 3.01. The van der Waals surface area contributed by atoms with Crippen LogP contribution in [0.2, 0.25) is 0 Å². The Morgan fingerprint density at radius 1 is 1.26 bits per heavy atom. The van der Waals surface area contributed by atoms with Crippen LogP contribution in [0.4, 0.5) is 19.0 Å². The van der Waals surface area contributed by atoms with Crippen LogP contribution in [0.5, 0.6) is 0 Å². The monoisotopic (exact) mass is 391 g/mol. The van der Waals surface area contributed by atoms with Gasteiger partial charge in [0.25, 0.3) is 5.56 Å². The molecular weight excluding hydrogens is 379 g/mol. The fourth-order valence-corrected chi connectivity index (χ4v) is 3.08. The van der Waals surface area contributed by atoms with Crippen LogP contribution in [-0.4, -0.2) is 30.0 Å². The first kappa shape index (κ1) is 16.2. The topological polar surface area (TPSA) is 64.5 Å². The Morgan fingerprint density at radius 3 is 2.70 bits per heavy atom. The van der Waals surface area contributed by atoms with Gasteiger partial charge in [0, 0.05) is 19.4 Å². The highest BCUT2D eigenvalue weighted by Gasteiger charge is 2.27. The number of halogens is 4. The van der Waals surface area contributed by atoms with Crippen molar-refractivity contribution in [2.24, 2.45) is 4.99 Å². The maximum absolute atomic E-state index is 12.5. The Hall–Kier alpha value is -1.71. The van der Waals surface area contributed by atoms with Gasteiger partial charge in [-0.15, -0.1) is 10.2 Å².